The van der Waals surface area contributed by atoms with E-state index in [0.717, 1.165) is 27.5 Å². The summed E-state index contributed by atoms with van der Waals surface area (Å²) in [5, 5.41) is 5.06. The first-order chi connectivity index (χ1) is 17.0. The number of para-hydroxylation sites is 2. The van der Waals surface area contributed by atoms with E-state index in [1.165, 1.54) is 4.90 Å². The molecule has 0 radical (unpaired) electrons. The van der Waals surface area contributed by atoms with Gasteiger partial charge in [0.05, 0.1) is 23.6 Å². The van der Waals surface area contributed by atoms with Crippen molar-refractivity contribution < 1.29 is 14.3 Å². The van der Waals surface area contributed by atoms with Crippen LogP contribution in [0.2, 0.25) is 0 Å². The molecule has 35 heavy (non-hydrogen) atoms. The van der Waals surface area contributed by atoms with Gasteiger partial charge in [-0.2, -0.15) is 0 Å². The highest BCUT2D eigenvalue weighted by molar-refractivity contribution is 6.47. The molecular weight excluding hydrogens is 436 g/mol. The molecular formula is C30H26N2O3. The van der Waals surface area contributed by atoms with Gasteiger partial charge in [0.2, 0.25) is 0 Å². The van der Waals surface area contributed by atoms with Gasteiger partial charge in [0.25, 0.3) is 11.8 Å². The molecule has 0 unspecified atom stereocenters. The molecule has 0 spiro atoms. The quantitative estimate of drug-likeness (QED) is 0.344. The predicted molar refractivity (Wildman–Crippen MR) is 141 cm³/mol. The Hall–Kier alpha value is -4.38. The zero-order valence-corrected chi connectivity index (χ0v) is 20.0. The number of carbonyl (C=O) groups excluding carboxylic acids is 2. The molecule has 0 saturated carbocycles. The summed E-state index contributed by atoms with van der Waals surface area (Å²) < 4.78 is 5.76. The van der Waals surface area contributed by atoms with Crippen molar-refractivity contribution in [3.63, 3.8) is 0 Å². The fourth-order valence-corrected chi connectivity index (χ4v) is 4.60. The number of anilines is 2. The summed E-state index contributed by atoms with van der Waals surface area (Å²) in [5.41, 5.74) is 4.54. The van der Waals surface area contributed by atoms with Crippen molar-refractivity contribution in [1.29, 1.82) is 0 Å². The van der Waals surface area contributed by atoms with Crippen molar-refractivity contribution in [3.8, 4) is 5.75 Å². The van der Waals surface area contributed by atoms with Crippen molar-refractivity contribution in [2.75, 3.05) is 16.8 Å². The average molecular weight is 463 g/mol. The minimum Gasteiger partial charge on any atom is -0.492 e. The van der Waals surface area contributed by atoms with Crippen molar-refractivity contribution in [2.24, 2.45) is 0 Å². The van der Waals surface area contributed by atoms with Crippen molar-refractivity contribution in [2.45, 2.75) is 20.8 Å². The van der Waals surface area contributed by atoms with Gasteiger partial charge in [0.15, 0.2) is 0 Å². The van der Waals surface area contributed by atoms with E-state index in [-0.39, 0.29) is 11.6 Å². The molecule has 0 aromatic heterocycles. The summed E-state index contributed by atoms with van der Waals surface area (Å²) in [6.45, 7) is 6.35. The minimum atomic E-state index is -0.396. The van der Waals surface area contributed by atoms with Crippen LogP contribution in [0.1, 0.15) is 23.6 Å². The normalized spacial score (nSPS) is 13.6. The van der Waals surface area contributed by atoms with Crippen LogP contribution >= 0.6 is 0 Å². The molecule has 174 valence electrons. The first-order valence-corrected chi connectivity index (χ1v) is 11.7. The summed E-state index contributed by atoms with van der Waals surface area (Å²) in [6, 6.07) is 26.7. The molecule has 0 saturated heterocycles. The Morgan fingerprint density at radius 3 is 2.37 bits per heavy atom. The Labute approximate surface area is 204 Å². The highest BCUT2D eigenvalue weighted by Gasteiger charge is 2.41. The fraction of sp³-hybridized carbons (Fsp3) is 0.133. The SMILES string of the molecule is CCOc1ccccc1NC1=C(c2ccc(C)cc2C)C(=O)N(c2cccc3ccccc23)C1=O. The number of nitrogens with one attached hydrogen (secondary N) is 1. The lowest BCUT2D eigenvalue weighted by Gasteiger charge is -2.18. The van der Waals surface area contributed by atoms with Gasteiger partial charge >= 0.3 is 0 Å². The predicted octanol–water partition coefficient (Wildman–Crippen LogP) is 6.25. The summed E-state index contributed by atoms with van der Waals surface area (Å²) in [5.74, 6) is -0.131. The van der Waals surface area contributed by atoms with Gasteiger partial charge in [-0.1, -0.05) is 72.3 Å². The third kappa shape index (κ3) is 3.95. The molecule has 1 N–H and O–H groups in total. The standard InChI is InChI=1S/C30H26N2O3/c1-4-35-26-15-8-7-13-24(26)31-28-27(22-17-16-19(2)18-20(22)3)29(33)32(30(28)34)25-14-9-11-21-10-5-6-12-23(21)25/h5-18,31H,4H2,1-3H3. The van der Waals surface area contributed by atoms with Gasteiger partial charge in [-0.3, -0.25) is 9.59 Å². The van der Waals surface area contributed by atoms with E-state index in [0.29, 0.717) is 29.3 Å². The van der Waals surface area contributed by atoms with Crippen LogP contribution in [0.4, 0.5) is 11.4 Å². The van der Waals surface area contributed by atoms with Gasteiger partial charge in [-0.05, 0) is 55.5 Å². The number of aryl methyl sites for hydroxylation is 2. The molecule has 5 heteroatoms. The Balaban J connectivity index is 1.69. The fourth-order valence-electron chi connectivity index (χ4n) is 4.60. The number of nitrogens with zero attached hydrogens (tertiary/aromatic N) is 1. The molecule has 4 aromatic carbocycles. The Kier molecular flexibility index (Phi) is 5.83. The van der Waals surface area contributed by atoms with E-state index in [1.807, 2.05) is 106 Å². The Morgan fingerprint density at radius 1 is 0.829 bits per heavy atom. The monoisotopic (exact) mass is 462 g/mol. The van der Waals surface area contributed by atoms with E-state index >= 15 is 0 Å². The van der Waals surface area contributed by atoms with Crippen LogP contribution in [0.3, 0.4) is 0 Å². The number of ether oxygens (including phenoxy) is 1. The second-order valence-corrected chi connectivity index (χ2v) is 8.57. The first-order valence-electron chi connectivity index (χ1n) is 11.7. The first kappa shape index (κ1) is 22.4. The summed E-state index contributed by atoms with van der Waals surface area (Å²) in [6.07, 6.45) is 0. The largest absolute Gasteiger partial charge is 0.492 e. The number of hydrogen-bond donors (Lipinski definition) is 1. The maximum absolute atomic E-state index is 14.0. The van der Waals surface area contributed by atoms with E-state index < -0.39 is 5.91 Å². The third-order valence-electron chi connectivity index (χ3n) is 6.19. The molecule has 1 aliphatic rings. The second kappa shape index (κ2) is 9.11. The molecule has 5 rings (SSSR count). The maximum atomic E-state index is 14.0. The van der Waals surface area contributed by atoms with Gasteiger partial charge in [0, 0.05) is 5.39 Å². The van der Waals surface area contributed by atoms with Crippen molar-refractivity contribution in [1.82, 2.24) is 0 Å². The number of hydrogen-bond acceptors (Lipinski definition) is 4. The van der Waals surface area contributed by atoms with Crippen LogP contribution in [0.25, 0.3) is 16.3 Å². The minimum absolute atomic E-state index is 0.238. The molecule has 4 aromatic rings. The lowest BCUT2D eigenvalue weighted by atomic mass is 9.97. The van der Waals surface area contributed by atoms with Crippen LogP contribution in [-0.2, 0) is 9.59 Å². The number of rotatable bonds is 6. The number of benzene rings is 4. The molecule has 2 amide bonds. The zero-order valence-electron chi connectivity index (χ0n) is 20.0. The van der Waals surface area contributed by atoms with Gasteiger partial charge in [0.1, 0.15) is 11.4 Å². The third-order valence-corrected chi connectivity index (χ3v) is 6.19. The number of fused-ring (bicyclic) bond motifs is 1. The number of amides is 2. The van der Waals surface area contributed by atoms with Crippen LogP contribution in [0.15, 0.2) is 90.6 Å². The summed E-state index contributed by atoms with van der Waals surface area (Å²) in [4.78, 5) is 29.2. The summed E-state index contributed by atoms with van der Waals surface area (Å²) in [7, 11) is 0. The second-order valence-electron chi connectivity index (χ2n) is 8.57. The lowest BCUT2D eigenvalue weighted by Crippen LogP contribution is -2.32. The average Bonchev–Trinajstić information content (AvgIpc) is 3.09. The molecule has 0 bridgehead atoms. The van der Waals surface area contributed by atoms with E-state index in [1.54, 1.807) is 0 Å². The molecule has 0 atom stereocenters. The molecule has 1 heterocycles. The van der Waals surface area contributed by atoms with Gasteiger partial charge in [-0.25, -0.2) is 4.90 Å². The summed E-state index contributed by atoms with van der Waals surface area (Å²) >= 11 is 0. The maximum Gasteiger partial charge on any atom is 0.282 e. The smallest absolute Gasteiger partial charge is 0.282 e. The topological polar surface area (TPSA) is 58.6 Å². The van der Waals surface area contributed by atoms with Gasteiger partial charge < -0.3 is 10.1 Å². The highest BCUT2D eigenvalue weighted by atomic mass is 16.5. The van der Waals surface area contributed by atoms with Gasteiger partial charge in [-0.15, -0.1) is 0 Å². The Morgan fingerprint density at radius 2 is 1.57 bits per heavy atom. The van der Waals surface area contributed by atoms with Crippen LogP contribution in [0.5, 0.6) is 5.75 Å². The molecule has 0 aliphatic carbocycles. The van der Waals surface area contributed by atoms with Crippen LogP contribution < -0.4 is 15.0 Å². The van der Waals surface area contributed by atoms with E-state index in [9.17, 15) is 9.59 Å². The highest BCUT2D eigenvalue weighted by Crippen LogP contribution is 2.39. The van der Waals surface area contributed by atoms with E-state index in [4.69, 9.17) is 4.74 Å². The number of carbonyl (C=O) groups is 2. The molecule has 0 fully saturated rings. The molecule has 1 aliphatic heterocycles. The van der Waals surface area contributed by atoms with Crippen molar-refractivity contribution in [3.05, 3.63) is 107 Å². The molecule has 5 nitrogen and oxygen atoms in total. The van der Waals surface area contributed by atoms with Crippen molar-refractivity contribution >= 4 is 39.5 Å². The Bertz CT molecular complexity index is 1500. The van der Waals surface area contributed by atoms with E-state index in [2.05, 4.69) is 5.32 Å². The van der Waals surface area contributed by atoms with Crippen LogP contribution in [0, 0.1) is 13.8 Å². The lowest BCUT2D eigenvalue weighted by molar-refractivity contribution is -0.120. The van der Waals surface area contributed by atoms with Crippen LogP contribution in [-0.4, -0.2) is 18.4 Å². The zero-order chi connectivity index (χ0) is 24.5. The number of imide groups is 1.